The molecule has 0 aliphatic heterocycles. The van der Waals surface area contributed by atoms with Crippen LogP contribution in [0, 0.1) is 0 Å². The number of hydrogen-bond acceptors (Lipinski definition) is 3. The molecule has 4 nitrogen and oxygen atoms in total. The molecule has 5 heteroatoms. The van der Waals surface area contributed by atoms with Gasteiger partial charge in [-0.15, -0.1) is 17.5 Å². The van der Waals surface area contributed by atoms with Crippen molar-refractivity contribution in [2.24, 2.45) is 0 Å². The van der Waals surface area contributed by atoms with E-state index in [1.54, 1.807) is 0 Å². The standard InChI is InChI=1S/C11H22N4.ClH/c1-2-3-4-5-6-7-8-9-10-13-11(12)15-14-10;/h2-9H2,1H3,(H3,12,13,14,15);1H. The Bertz CT molecular complexity index is 262. The van der Waals surface area contributed by atoms with Crippen LogP contribution in [0.5, 0.6) is 0 Å². The van der Waals surface area contributed by atoms with Crippen LogP contribution < -0.4 is 5.73 Å². The van der Waals surface area contributed by atoms with E-state index in [-0.39, 0.29) is 12.4 Å². The number of rotatable bonds is 8. The molecule has 0 saturated carbocycles. The van der Waals surface area contributed by atoms with E-state index in [1.165, 1.54) is 44.9 Å². The molecular weight excluding hydrogens is 224 g/mol. The Balaban J connectivity index is 0.00000225. The molecule has 0 aliphatic carbocycles. The fraction of sp³-hybridized carbons (Fsp3) is 0.818. The van der Waals surface area contributed by atoms with Crippen molar-refractivity contribution in [2.45, 2.75) is 58.3 Å². The van der Waals surface area contributed by atoms with Crippen molar-refractivity contribution in [1.82, 2.24) is 15.2 Å². The largest absolute Gasteiger partial charge is 0.367 e. The van der Waals surface area contributed by atoms with Crippen molar-refractivity contribution >= 4 is 18.4 Å². The summed E-state index contributed by atoms with van der Waals surface area (Å²) in [6.07, 6.45) is 10.2. The first-order valence-corrected chi connectivity index (χ1v) is 5.99. The van der Waals surface area contributed by atoms with Gasteiger partial charge in [0.05, 0.1) is 0 Å². The van der Waals surface area contributed by atoms with Crippen LogP contribution in [-0.2, 0) is 6.42 Å². The average molecular weight is 247 g/mol. The highest BCUT2D eigenvalue weighted by Gasteiger charge is 1.98. The number of nitrogens with one attached hydrogen (secondary N) is 1. The Labute approximate surface area is 104 Å². The third kappa shape index (κ3) is 6.67. The van der Waals surface area contributed by atoms with Crippen molar-refractivity contribution in [3.8, 4) is 0 Å². The number of anilines is 1. The maximum Gasteiger partial charge on any atom is 0.239 e. The zero-order valence-electron chi connectivity index (χ0n) is 10.0. The van der Waals surface area contributed by atoms with E-state index >= 15 is 0 Å². The summed E-state index contributed by atoms with van der Waals surface area (Å²) in [4.78, 5) is 4.07. The van der Waals surface area contributed by atoms with E-state index in [1.807, 2.05) is 0 Å². The lowest BCUT2D eigenvalue weighted by atomic mass is 10.1. The number of aryl methyl sites for hydroxylation is 1. The lowest BCUT2D eigenvalue weighted by molar-refractivity contribution is 0.585. The molecule has 1 aromatic rings. The Morgan fingerprint density at radius 2 is 1.69 bits per heavy atom. The van der Waals surface area contributed by atoms with Crippen molar-refractivity contribution < 1.29 is 0 Å². The number of halogens is 1. The van der Waals surface area contributed by atoms with Gasteiger partial charge in [-0.2, -0.15) is 4.98 Å². The fourth-order valence-electron chi connectivity index (χ4n) is 1.67. The second-order valence-corrected chi connectivity index (χ2v) is 4.01. The van der Waals surface area contributed by atoms with Gasteiger partial charge in [0.2, 0.25) is 5.95 Å². The fourth-order valence-corrected chi connectivity index (χ4v) is 1.67. The molecule has 0 atom stereocenters. The van der Waals surface area contributed by atoms with E-state index in [0.717, 1.165) is 12.2 Å². The Morgan fingerprint density at radius 1 is 1.06 bits per heavy atom. The number of unbranched alkanes of at least 4 members (excludes halogenated alkanes) is 6. The van der Waals surface area contributed by atoms with Crippen molar-refractivity contribution in [1.29, 1.82) is 0 Å². The van der Waals surface area contributed by atoms with Crippen molar-refractivity contribution in [3.05, 3.63) is 5.82 Å². The van der Waals surface area contributed by atoms with Crippen molar-refractivity contribution in [2.75, 3.05) is 5.73 Å². The molecule has 0 bridgehead atoms. The zero-order chi connectivity index (χ0) is 10.9. The van der Waals surface area contributed by atoms with E-state index in [2.05, 4.69) is 22.1 Å². The summed E-state index contributed by atoms with van der Waals surface area (Å²) in [6, 6.07) is 0. The van der Waals surface area contributed by atoms with Crippen molar-refractivity contribution in [3.63, 3.8) is 0 Å². The van der Waals surface area contributed by atoms with Gasteiger partial charge in [0.15, 0.2) is 0 Å². The van der Waals surface area contributed by atoms with Gasteiger partial charge in [-0.05, 0) is 6.42 Å². The molecule has 1 heterocycles. The number of nitrogen functional groups attached to an aromatic ring is 1. The van der Waals surface area contributed by atoms with Crippen LogP contribution in [0.4, 0.5) is 5.95 Å². The summed E-state index contributed by atoms with van der Waals surface area (Å²) < 4.78 is 0. The van der Waals surface area contributed by atoms with E-state index < -0.39 is 0 Å². The third-order valence-electron chi connectivity index (χ3n) is 2.57. The highest BCUT2D eigenvalue weighted by molar-refractivity contribution is 5.85. The highest BCUT2D eigenvalue weighted by atomic mass is 35.5. The number of H-pyrrole nitrogens is 1. The number of aromatic amines is 1. The molecule has 3 N–H and O–H groups in total. The Hall–Kier alpha value is -0.770. The van der Waals surface area contributed by atoms with Gasteiger partial charge in [-0.3, -0.25) is 5.10 Å². The summed E-state index contributed by atoms with van der Waals surface area (Å²) in [6.45, 7) is 2.24. The molecular formula is C11H23ClN4. The number of aromatic nitrogens is 3. The minimum absolute atomic E-state index is 0. The van der Waals surface area contributed by atoms with Gasteiger partial charge in [0, 0.05) is 6.42 Å². The van der Waals surface area contributed by atoms with Gasteiger partial charge < -0.3 is 5.73 Å². The van der Waals surface area contributed by atoms with Crippen LogP contribution in [0.3, 0.4) is 0 Å². The first-order valence-electron chi connectivity index (χ1n) is 5.99. The van der Waals surface area contributed by atoms with Crippen LogP contribution in [0.1, 0.15) is 57.7 Å². The van der Waals surface area contributed by atoms with Gasteiger partial charge in [-0.25, -0.2) is 0 Å². The molecule has 0 fully saturated rings. The molecule has 0 radical (unpaired) electrons. The summed E-state index contributed by atoms with van der Waals surface area (Å²) in [5.74, 6) is 1.27. The summed E-state index contributed by atoms with van der Waals surface area (Å²) in [5.41, 5.74) is 5.41. The summed E-state index contributed by atoms with van der Waals surface area (Å²) in [7, 11) is 0. The molecule has 0 amide bonds. The second kappa shape index (κ2) is 9.46. The maximum absolute atomic E-state index is 5.41. The number of nitrogens with zero attached hydrogens (tertiary/aromatic N) is 2. The van der Waals surface area contributed by atoms with Gasteiger partial charge in [-0.1, -0.05) is 45.4 Å². The SMILES string of the molecule is CCCCCCCCCc1nc(N)n[nH]1.Cl. The molecule has 0 aromatic carbocycles. The van der Waals surface area contributed by atoms with Gasteiger partial charge in [0.25, 0.3) is 0 Å². The Kier molecular flexibility index (Phi) is 9.00. The molecule has 0 unspecified atom stereocenters. The smallest absolute Gasteiger partial charge is 0.239 e. The first-order chi connectivity index (χ1) is 7.33. The Morgan fingerprint density at radius 3 is 2.25 bits per heavy atom. The van der Waals surface area contributed by atoms with Crippen LogP contribution in [0.2, 0.25) is 0 Å². The lowest BCUT2D eigenvalue weighted by Crippen LogP contribution is -1.90. The molecule has 94 valence electrons. The molecule has 0 saturated heterocycles. The predicted molar refractivity (Wildman–Crippen MR) is 69.7 cm³/mol. The molecule has 16 heavy (non-hydrogen) atoms. The maximum atomic E-state index is 5.41. The highest BCUT2D eigenvalue weighted by Crippen LogP contribution is 2.08. The van der Waals surface area contributed by atoms with Crippen LogP contribution in [-0.4, -0.2) is 15.2 Å². The van der Waals surface area contributed by atoms with E-state index in [9.17, 15) is 0 Å². The average Bonchev–Trinajstić information content (AvgIpc) is 2.63. The first kappa shape index (κ1) is 15.2. The van der Waals surface area contributed by atoms with Crippen LogP contribution >= 0.6 is 12.4 Å². The van der Waals surface area contributed by atoms with Crippen LogP contribution in [0.15, 0.2) is 0 Å². The summed E-state index contributed by atoms with van der Waals surface area (Å²) >= 11 is 0. The summed E-state index contributed by atoms with van der Waals surface area (Å²) in [5, 5.41) is 6.63. The van der Waals surface area contributed by atoms with Crippen LogP contribution in [0.25, 0.3) is 0 Å². The molecule has 1 aromatic heterocycles. The lowest BCUT2D eigenvalue weighted by Gasteiger charge is -1.99. The molecule has 0 aliphatic rings. The van der Waals surface area contributed by atoms with Gasteiger partial charge >= 0.3 is 0 Å². The molecule has 0 spiro atoms. The van der Waals surface area contributed by atoms with E-state index in [0.29, 0.717) is 5.95 Å². The third-order valence-corrected chi connectivity index (χ3v) is 2.57. The predicted octanol–water partition coefficient (Wildman–Crippen LogP) is 3.10. The molecule has 1 rings (SSSR count). The normalized spacial score (nSPS) is 10.1. The van der Waals surface area contributed by atoms with E-state index in [4.69, 9.17) is 5.73 Å². The second-order valence-electron chi connectivity index (χ2n) is 4.01. The number of nitrogens with two attached hydrogens (primary N) is 1. The quantitative estimate of drug-likeness (QED) is 0.693. The monoisotopic (exact) mass is 246 g/mol. The zero-order valence-corrected chi connectivity index (χ0v) is 10.9. The minimum atomic E-state index is 0. The topological polar surface area (TPSA) is 67.6 Å². The van der Waals surface area contributed by atoms with Gasteiger partial charge in [0.1, 0.15) is 5.82 Å². The number of hydrogen-bond donors (Lipinski definition) is 2. The minimum Gasteiger partial charge on any atom is -0.367 e.